The van der Waals surface area contributed by atoms with Crippen molar-refractivity contribution in [3.63, 3.8) is 0 Å². The second kappa shape index (κ2) is 7.29. The highest BCUT2D eigenvalue weighted by atomic mass is 16.5. The molecule has 2 atom stereocenters. The molecule has 1 N–H and O–H groups in total. The Bertz CT molecular complexity index is 707. The van der Waals surface area contributed by atoms with Gasteiger partial charge in [0, 0.05) is 30.2 Å². The van der Waals surface area contributed by atoms with Gasteiger partial charge in [-0.15, -0.1) is 0 Å². The average Bonchev–Trinajstić information content (AvgIpc) is 2.53. The van der Waals surface area contributed by atoms with Crippen molar-refractivity contribution in [2.45, 2.75) is 70.8 Å². The standard InChI is InChI=1S/C21H28O5/c1-4-5-8-25-19(24)11-13-9-17(23)20-15-12-14(22)6-7-16(15)21(2,3)26-18(20)10-13/h9-10,15-16,23H,4-8,11-12H2,1-3H3/t15-,16?/m1/s1. The van der Waals surface area contributed by atoms with Crippen LogP contribution in [0.5, 0.6) is 11.5 Å². The van der Waals surface area contributed by atoms with E-state index in [2.05, 4.69) is 0 Å². The number of unbranched alkanes of at least 4 members (excludes halogenated alkanes) is 1. The van der Waals surface area contributed by atoms with E-state index < -0.39 is 5.60 Å². The molecule has 2 aliphatic rings. The fourth-order valence-corrected chi connectivity index (χ4v) is 4.28. The quantitative estimate of drug-likeness (QED) is 0.637. The zero-order valence-corrected chi connectivity index (χ0v) is 15.8. The van der Waals surface area contributed by atoms with Gasteiger partial charge in [0.1, 0.15) is 22.9 Å². The Morgan fingerprint density at radius 2 is 2.15 bits per heavy atom. The van der Waals surface area contributed by atoms with Crippen LogP contribution in [-0.2, 0) is 20.7 Å². The van der Waals surface area contributed by atoms with Crippen LogP contribution in [0.3, 0.4) is 0 Å². The predicted molar refractivity (Wildman–Crippen MR) is 97.5 cm³/mol. The van der Waals surface area contributed by atoms with Gasteiger partial charge in [-0.2, -0.15) is 0 Å². The molecule has 0 saturated heterocycles. The fraction of sp³-hybridized carbons (Fsp3) is 0.619. The third-order valence-corrected chi connectivity index (χ3v) is 5.59. The van der Waals surface area contributed by atoms with E-state index in [0.717, 1.165) is 19.3 Å². The lowest BCUT2D eigenvalue weighted by molar-refractivity contribution is -0.142. The number of fused-ring (bicyclic) bond motifs is 3. The van der Waals surface area contributed by atoms with Crippen LogP contribution in [0.25, 0.3) is 0 Å². The lowest BCUT2D eigenvalue weighted by Gasteiger charge is -2.47. The first-order valence-electron chi connectivity index (χ1n) is 9.54. The number of carbonyl (C=O) groups excluding carboxylic acids is 2. The number of ketones is 1. The fourth-order valence-electron chi connectivity index (χ4n) is 4.28. The van der Waals surface area contributed by atoms with Crippen molar-refractivity contribution in [2.75, 3.05) is 6.61 Å². The van der Waals surface area contributed by atoms with E-state index in [1.807, 2.05) is 26.8 Å². The number of phenols is 1. The van der Waals surface area contributed by atoms with Gasteiger partial charge in [-0.1, -0.05) is 13.3 Å². The maximum absolute atomic E-state index is 12.0. The number of carbonyl (C=O) groups is 2. The number of hydrogen-bond donors (Lipinski definition) is 1. The zero-order chi connectivity index (χ0) is 18.9. The van der Waals surface area contributed by atoms with Crippen LogP contribution in [0.4, 0.5) is 0 Å². The van der Waals surface area contributed by atoms with Gasteiger partial charge in [0.15, 0.2) is 0 Å². The van der Waals surface area contributed by atoms with Crippen molar-refractivity contribution in [1.82, 2.24) is 0 Å². The van der Waals surface area contributed by atoms with E-state index in [-0.39, 0.29) is 35.8 Å². The number of benzene rings is 1. The summed E-state index contributed by atoms with van der Waals surface area (Å²) in [6, 6.07) is 3.42. The number of phenolic OH excluding ortho intramolecular Hbond substituents is 1. The molecule has 0 radical (unpaired) electrons. The summed E-state index contributed by atoms with van der Waals surface area (Å²) in [4.78, 5) is 24.0. The molecular weight excluding hydrogens is 332 g/mol. The summed E-state index contributed by atoms with van der Waals surface area (Å²) >= 11 is 0. The molecule has 0 aromatic heterocycles. The van der Waals surface area contributed by atoms with Crippen LogP contribution in [0.1, 0.15) is 69.9 Å². The van der Waals surface area contributed by atoms with Crippen LogP contribution in [0, 0.1) is 5.92 Å². The molecule has 1 aliphatic carbocycles. The molecule has 1 aliphatic heterocycles. The minimum absolute atomic E-state index is 0.0273. The maximum atomic E-state index is 12.0. The van der Waals surface area contributed by atoms with Crippen LogP contribution < -0.4 is 4.74 Å². The Hall–Kier alpha value is -2.04. The first kappa shape index (κ1) is 18.7. The molecule has 1 unspecified atom stereocenters. The molecular formula is C21H28O5. The van der Waals surface area contributed by atoms with Crippen molar-refractivity contribution < 1.29 is 24.2 Å². The van der Waals surface area contributed by atoms with Crippen molar-refractivity contribution in [3.05, 3.63) is 23.3 Å². The monoisotopic (exact) mass is 360 g/mol. The highest BCUT2D eigenvalue weighted by molar-refractivity contribution is 5.81. The molecule has 1 aromatic rings. The van der Waals surface area contributed by atoms with Gasteiger partial charge in [-0.3, -0.25) is 9.59 Å². The van der Waals surface area contributed by atoms with E-state index >= 15 is 0 Å². The van der Waals surface area contributed by atoms with Crippen molar-refractivity contribution >= 4 is 11.8 Å². The van der Waals surface area contributed by atoms with Gasteiger partial charge < -0.3 is 14.6 Å². The summed E-state index contributed by atoms with van der Waals surface area (Å²) in [7, 11) is 0. The number of Topliss-reactive ketones (excluding diaryl/α,β-unsaturated/α-hetero) is 1. The summed E-state index contributed by atoms with van der Waals surface area (Å²) in [6.45, 7) is 6.53. The zero-order valence-electron chi connectivity index (χ0n) is 15.8. The van der Waals surface area contributed by atoms with Crippen molar-refractivity contribution in [3.8, 4) is 11.5 Å². The largest absolute Gasteiger partial charge is 0.508 e. The Morgan fingerprint density at radius 3 is 2.88 bits per heavy atom. The molecule has 3 rings (SSSR count). The lowest BCUT2D eigenvalue weighted by atomic mass is 9.66. The van der Waals surface area contributed by atoms with Crippen LogP contribution >= 0.6 is 0 Å². The highest BCUT2D eigenvalue weighted by Gasteiger charge is 2.47. The molecule has 142 valence electrons. The Kier molecular flexibility index (Phi) is 5.26. The third kappa shape index (κ3) is 3.71. The predicted octanol–water partition coefficient (Wildman–Crippen LogP) is 3.90. The number of aromatic hydroxyl groups is 1. The summed E-state index contributed by atoms with van der Waals surface area (Å²) < 4.78 is 11.4. The van der Waals surface area contributed by atoms with E-state index in [0.29, 0.717) is 36.3 Å². The number of esters is 1. The Balaban J connectivity index is 1.86. The summed E-state index contributed by atoms with van der Waals surface area (Å²) in [5, 5.41) is 10.6. The molecule has 1 aromatic carbocycles. The minimum atomic E-state index is -0.412. The molecule has 1 fully saturated rings. The second-order valence-electron chi connectivity index (χ2n) is 7.98. The number of ether oxygens (including phenoxy) is 2. The van der Waals surface area contributed by atoms with Gasteiger partial charge in [0.05, 0.1) is 13.0 Å². The lowest BCUT2D eigenvalue weighted by Crippen LogP contribution is -2.47. The molecule has 0 amide bonds. The SMILES string of the molecule is CCCCOC(=O)Cc1cc(O)c2c(c1)OC(C)(C)C1CCC(=O)C[C@@H]21. The van der Waals surface area contributed by atoms with Crippen LogP contribution in [-0.4, -0.2) is 29.1 Å². The second-order valence-corrected chi connectivity index (χ2v) is 7.98. The van der Waals surface area contributed by atoms with E-state index in [4.69, 9.17) is 9.47 Å². The minimum Gasteiger partial charge on any atom is -0.508 e. The smallest absolute Gasteiger partial charge is 0.310 e. The highest BCUT2D eigenvalue weighted by Crippen LogP contribution is 2.53. The number of hydrogen-bond acceptors (Lipinski definition) is 5. The first-order chi connectivity index (χ1) is 12.3. The molecule has 1 heterocycles. The van der Waals surface area contributed by atoms with Gasteiger partial charge in [0.2, 0.25) is 0 Å². The molecule has 26 heavy (non-hydrogen) atoms. The van der Waals surface area contributed by atoms with E-state index in [9.17, 15) is 14.7 Å². The molecule has 1 saturated carbocycles. The van der Waals surface area contributed by atoms with Crippen LogP contribution in [0.2, 0.25) is 0 Å². The Morgan fingerprint density at radius 1 is 1.38 bits per heavy atom. The number of rotatable bonds is 5. The first-order valence-corrected chi connectivity index (χ1v) is 9.54. The molecule has 0 bridgehead atoms. The van der Waals surface area contributed by atoms with Crippen LogP contribution in [0.15, 0.2) is 12.1 Å². The molecule has 5 nitrogen and oxygen atoms in total. The van der Waals surface area contributed by atoms with Gasteiger partial charge in [0.25, 0.3) is 0 Å². The summed E-state index contributed by atoms with van der Waals surface area (Å²) in [6.07, 6.45) is 3.71. The summed E-state index contributed by atoms with van der Waals surface area (Å²) in [5.74, 6) is 0.793. The van der Waals surface area contributed by atoms with E-state index in [1.54, 1.807) is 6.07 Å². The van der Waals surface area contributed by atoms with Gasteiger partial charge in [-0.05, 0) is 44.4 Å². The average molecular weight is 360 g/mol. The topological polar surface area (TPSA) is 72.8 Å². The van der Waals surface area contributed by atoms with E-state index in [1.165, 1.54) is 0 Å². The van der Waals surface area contributed by atoms with Gasteiger partial charge >= 0.3 is 5.97 Å². The summed E-state index contributed by atoms with van der Waals surface area (Å²) in [5.41, 5.74) is 0.968. The van der Waals surface area contributed by atoms with Crippen molar-refractivity contribution in [2.24, 2.45) is 5.92 Å². The maximum Gasteiger partial charge on any atom is 0.310 e. The molecule has 5 heteroatoms. The van der Waals surface area contributed by atoms with Gasteiger partial charge in [-0.25, -0.2) is 0 Å². The Labute approximate surface area is 154 Å². The normalized spacial score (nSPS) is 23.6. The third-order valence-electron chi connectivity index (χ3n) is 5.59. The van der Waals surface area contributed by atoms with Crippen molar-refractivity contribution in [1.29, 1.82) is 0 Å². The molecule has 0 spiro atoms.